The Morgan fingerprint density at radius 2 is 1.38 bits per heavy atom. The molecule has 0 spiro atoms. The third-order valence-electron chi connectivity index (χ3n) is 6.51. The molecule has 0 aliphatic carbocycles. The van der Waals surface area contributed by atoms with Crippen LogP contribution < -0.4 is 0 Å². The smallest absolute Gasteiger partial charge is 0.197 e. The lowest BCUT2D eigenvalue weighted by Crippen LogP contribution is -1.93. The zero-order valence-corrected chi connectivity index (χ0v) is 17.7. The van der Waals surface area contributed by atoms with Gasteiger partial charge in [-0.05, 0) is 36.4 Å². The molecule has 5 heteroatoms. The second kappa shape index (κ2) is 5.78. The largest absolute Gasteiger partial charge is 0.339 e. The summed E-state index contributed by atoms with van der Waals surface area (Å²) in [5.74, 6) is 0. The van der Waals surface area contributed by atoms with Gasteiger partial charge in [-0.3, -0.25) is 4.40 Å². The predicted molar refractivity (Wildman–Crippen MR) is 134 cm³/mol. The Balaban J connectivity index is 1.44. The third-order valence-corrected chi connectivity index (χ3v) is 7.51. The summed E-state index contributed by atoms with van der Waals surface area (Å²) in [7, 11) is 0. The van der Waals surface area contributed by atoms with Gasteiger partial charge in [0.25, 0.3) is 0 Å². The molecule has 4 nitrogen and oxygen atoms in total. The van der Waals surface area contributed by atoms with Crippen LogP contribution in [-0.4, -0.2) is 18.9 Å². The van der Waals surface area contributed by atoms with E-state index in [2.05, 4.69) is 105 Å². The Morgan fingerprint density at radius 1 is 0.688 bits per heavy atom. The van der Waals surface area contributed by atoms with E-state index < -0.39 is 0 Å². The SMILES string of the molecule is c1ccc2c(c1)[nH]c1c2nc2sc3cc(-n4c5ccccc5c5ccccc54)ccc3n21. The predicted octanol–water partition coefficient (Wildman–Crippen LogP) is 7.28. The first-order chi connectivity index (χ1) is 15.9. The van der Waals surface area contributed by atoms with Crippen LogP contribution in [0.3, 0.4) is 0 Å². The highest BCUT2D eigenvalue weighted by Gasteiger charge is 2.17. The van der Waals surface area contributed by atoms with Crippen molar-refractivity contribution in [3.05, 3.63) is 91.0 Å². The monoisotopic (exact) mass is 428 g/mol. The molecular weight excluding hydrogens is 412 g/mol. The molecule has 4 aromatic heterocycles. The van der Waals surface area contributed by atoms with Gasteiger partial charge in [0.15, 0.2) is 4.96 Å². The van der Waals surface area contributed by atoms with E-state index in [0.29, 0.717) is 0 Å². The molecule has 0 bridgehead atoms. The highest BCUT2D eigenvalue weighted by molar-refractivity contribution is 7.23. The van der Waals surface area contributed by atoms with Gasteiger partial charge in [0.1, 0.15) is 11.2 Å². The minimum Gasteiger partial charge on any atom is -0.339 e. The second-order valence-corrected chi connectivity index (χ2v) is 9.23. The van der Waals surface area contributed by atoms with Crippen LogP contribution >= 0.6 is 11.3 Å². The standard InChI is InChI=1S/C27H16N4S/c1-4-10-20-19(9-1)25-26(28-20)31-23-14-13-16(15-24(23)32-27(31)29-25)30-21-11-5-2-7-17(21)18-8-3-6-12-22(18)30/h1-15,28H. The molecule has 32 heavy (non-hydrogen) atoms. The summed E-state index contributed by atoms with van der Waals surface area (Å²) in [5, 5.41) is 3.74. The molecule has 4 heterocycles. The second-order valence-electron chi connectivity index (χ2n) is 8.22. The van der Waals surface area contributed by atoms with Crippen LogP contribution in [0.5, 0.6) is 0 Å². The van der Waals surface area contributed by atoms with Gasteiger partial charge in [-0.15, -0.1) is 0 Å². The molecule has 0 unspecified atom stereocenters. The van der Waals surface area contributed by atoms with E-state index in [1.165, 1.54) is 43.1 Å². The number of hydrogen-bond donors (Lipinski definition) is 1. The molecule has 0 fully saturated rings. The number of aromatic amines is 1. The van der Waals surface area contributed by atoms with E-state index in [4.69, 9.17) is 4.98 Å². The fourth-order valence-corrected chi connectivity index (χ4v) is 6.19. The number of nitrogens with one attached hydrogen (secondary N) is 1. The topological polar surface area (TPSA) is 38.0 Å². The number of thiazole rings is 1. The molecule has 0 aliphatic rings. The van der Waals surface area contributed by atoms with Crippen molar-refractivity contribution in [2.24, 2.45) is 0 Å². The first-order valence-corrected chi connectivity index (χ1v) is 11.5. The number of para-hydroxylation sites is 3. The summed E-state index contributed by atoms with van der Waals surface area (Å²) in [4.78, 5) is 9.57. The number of imidazole rings is 1. The van der Waals surface area contributed by atoms with E-state index in [0.717, 1.165) is 21.6 Å². The molecule has 4 aromatic carbocycles. The Bertz CT molecular complexity index is 1940. The molecule has 1 N–H and O–H groups in total. The molecule has 8 rings (SSSR count). The van der Waals surface area contributed by atoms with Crippen LogP contribution in [0, 0.1) is 0 Å². The molecule has 0 saturated heterocycles. The van der Waals surface area contributed by atoms with Crippen LogP contribution in [0.4, 0.5) is 0 Å². The number of fused-ring (bicyclic) bond motifs is 10. The average molecular weight is 429 g/mol. The summed E-state index contributed by atoms with van der Waals surface area (Å²) >= 11 is 1.74. The van der Waals surface area contributed by atoms with Crippen LogP contribution in [0.25, 0.3) is 64.7 Å². The maximum absolute atomic E-state index is 4.98. The van der Waals surface area contributed by atoms with E-state index in [1.54, 1.807) is 11.3 Å². The first-order valence-electron chi connectivity index (χ1n) is 10.7. The average Bonchev–Trinajstić information content (AvgIpc) is 3.55. The van der Waals surface area contributed by atoms with Crippen molar-refractivity contribution < 1.29 is 0 Å². The Morgan fingerprint density at radius 3 is 2.16 bits per heavy atom. The number of benzene rings is 4. The summed E-state index contributed by atoms with van der Waals surface area (Å²) in [5.41, 5.74) is 8.05. The minimum atomic E-state index is 1.02. The first kappa shape index (κ1) is 16.6. The molecule has 0 radical (unpaired) electrons. The molecule has 0 aliphatic heterocycles. The van der Waals surface area contributed by atoms with Crippen molar-refractivity contribution in [2.45, 2.75) is 0 Å². The Kier molecular flexibility index (Phi) is 3.00. The number of hydrogen-bond acceptors (Lipinski definition) is 2. The zero-order valence-electron chi connectivity index (χ0n) is 16.9. The van der Waals surface area contributed by atoms with Gasteiger partial charge in [0.05, 0.1) is 21.3 Å². The fraction of sp³-hybridized carbons (Fsp3) is 0. The van der Waals surface area contributed by atoms with Crippen molar-refractivity contribution in [3.8, 4) is 5.69 Å². The molecular formula is C27H16N4S. The van der Waals surface area contributed by atoms with Gasteiger partial charge >= 0.3 is 0 Å². The van der Waals surface area contributed by atoms with E-state index in [1.807, 2.05) is 0 Å². The molecule has 8 aromatic rings. The van der Waals surface area contributed by atoms with Crippen LogP contribution in [0.15, 0.2) is 91.0 Å². The molecule has 0 atom stereocenters. The maximum Gasteiger partial charge on any atom is 0.197 e. The van der Waals surface area contributed by atoms with Gasteiger partial charge in [-0.1, -0.05) is 65.9 Å². The van der Waals surface area contributed by atoms with Crippen molar-refractivity contribution >= 4 is 70.4 Å². The molecule has 0 amide bonds. The van der Waals surface area contributed by atoms with Gasteiger partial charge in [-0.2, -0.15) is 0 Å². The minimum absolute atomic E-state index is 1.02. The third kappa shape index (κ3) is 1.99. The molecule has 0 saturated carbocycles. The number of aromatic nitrogens is 4. The van der Waals surface area contributed by atoms with Crippen molar-refractivity contribution in [1.29, 1.82) is 0 Å². The normalized spacial score (nSPS) is 12.4. The van der Waals surface area contributed by atoms with Crippen LogP contribution in [0.1, 0.15) is 0 Å². The van der Waals surface area contributed by atoms with Gasteiger partial charge in [0, 0.05) is 27.4 Å². The lowest BCUT2D eigenvalue weighted by Gasteiger charge is -2.08. The highest BCUT2D eigenvalue weighted by atomic mass is 32.1. The van der Waals surface area contributed by atoms with Gasteiger partial charge in [0.2, 0.25) is 0 Å². The van der Waals surface area contributed by atoms with Gasteiger partial charge in [-0.25, -0.2) is 4.98 Å². The highest BCUT2D eigenvalue weighted by Crippen LogP contribution is 2.36. The lowest BCUT2D eigenvalue weighted by molar-refractivity contribution is 1.18. The van der Waals surface area contributed by atoms with E-state index >= 15 is 0 Å². The number of nitrogens with zero attached hydrogens (tertiary/aromatic N) is 3. The van der Waals surface area contributed by atoms with Crippen LogP contribution in [0.2, 0.25) is 0 Å². The number of rotatable bonds is 1. The Labute approximate surface area is 186 Å². The van der Waals surface area contributed by atoms with Crippen molar-refractivity contribution in [3.63, 3.8) is 0 Å². The summed E-state index contributed by atoms with van der Waals surface area (Å²) in [6.07, 6.45) is 0. The quantitative estimate of drug-likeness (QED) is 0.293. The van der Waals surface area contributed by atoms with E-state index in [9.17, 15) is 0 Å². The summed E-state index contributed by atoms with van der Waals surface area (Å²) in [6.45, 7) is 0. The summed E-state index contributed by atoms with van der Waals surface area (Å²) in [6, 6.07) is 32.4. The lowest BCUT2D eigenvalue weighted by atomic mass is 10.2. The Hall–Kier alpha value is -4.09. The van der Waals surface area contributed by atoms with Crippen molar-refractivity contribution in [1.82, 2.24) is 18.9 Å². The molecule has 150 valence electrons. The van der Waals surface area contributed by atoms with Crippen molar-refractivity contribution in [2.75, 3.05) is 0 Å². The maximum atomic E-state index is 4.98. The zero-order chi connectivity index (χ0) is 20.8. The van der Waals surface area contributed by atoms with Crippen LogP contribution in [-0.2, 0) is 0 Å². The summed E-state index contributed by atoms with van der Waals surface area (Å²) < 4.78 is 5.85. The fourth-order valence-electron chi connectivity index (χ4n) is 5.13. The van der Waals surface area contributed by atoms with Gasteiger partial charge < -0.3 is 9.55 Å². The number of H-pyrrole nitrogens is 1. The van der Waals surface area contributed by atoms with E-state index in [-0.39, 0.29) is 0 Å².